The van der Waals surface area contributed by atoms with Crippen LogP contribution in [0.5, 0.6) is 0 Å². The van der Waals surface area contributed by atoms with E-state index in [2.05, 4.69) is 4.98 Å². The number of carbonyl (C=O) groups is 2. The fourth-order valence-corrected chi connectivity index (χ4v) is 4.86. The van der Waals surface area contributed by atoms with Crippen LogP contribution in [0.25, 0.3) is 11.2 Å². The number of imidazole rings is 1. The largest absolute Gasteiger partial charge is 0.454 e. The Morgan fingerprint density at radius 3 is 2.63 bits per heavy atom. The summed E-state index contributed by atoms with van der Waals surface area (Å²) < 4.78 is 8.79. The van der Waals surface area contributed by atoms with Gasteiger partial charge in [0.1, 0.15) is 6.54 Å². The van der Waals surface area contributed by atoms with E-state index >= 15 is 0 Å². The third-order valence-corrected chi connectivity index (χ3v) is 6.44. The molecular formula is C20H27N5O5. The maximum atomic E-state index is 12.7. The number of ether oxygens (including phenoxy) is 1. The Kier molecular flexibility index (Phi) is 5.48. The summed E-state index contributed by atoms with van der Waals surface area (Å²) in [7, 11) is 2.88. The molecule has 162 valence electrons. The van der Waals surface area contributed by atoms with Crippen LogP contribution in [0.3, 0.4) is 0 Å². The van der Waals surface area contributed by atoms with E-state index in [0.717, 1.165) is 23.8 Å². The maximum absolute atomic E-state index is 12.7. The van der Waals surface area contributed by atoms with Crippen molar-refractivity contribution in [3.63, 3.8) is 0 Å². The monoisotopic (exact) mass is 417 g/mol. The van der Waals surface area contributed by atoms with Crippen molar-refractivity contribution in [3.8, 4) is 0 Å². The second-order valence-corrected chi connectivity index (χ2v) is 8.25. The Morgan fingerprint density at radius 1 is 1.10 bits per heavy atom. The molecular weight excluding hydrogens is 390 g/mol. The van der Waals surface area contributed by atoms with Crippen LogP contribution < -0.4 is 11.2 Å². The number of carbonyl (C=O) groups excluding carboxylic acids is 2. The van der Waals surface area contributed by atoms with Crippen LogP contribution in [-0.2, 0) is 35.0 Å². The number of rotatable bonds is 4. The Morgan fingerprint density at radius 2 is 1.83 bits per heavy atom. The van der Waals surface area contributed by atoms with Crippen LogP contribution in [0.4, 0.5) is 0 Å². The molecule has 2 aromatic rings. The number of nitrogens with zero attached hydrogens (tertiary/aromatic N) is 5. The van der Waals surface area contributed by atoms with Gasteiger partial charge in [-0.3, -0.25) is 23.5 Å². The average Bonchev–Trinajstić information content (AvgIpc) is 3.17. The lowest BCUT2D eigenvalue weighted by molar-refractivity contribution is -0.155. The summed E-state index contributed by atoms with van der Waals surface area (Å²) in [5.74, 6) is -0.225. The first kappa shape index (κ1) is 20.4. The number of likely N-dealkylation sites (tertiary alicyclic amines) is 1. The molecule has 0 aromatic carbocycles. The molecule has 1 aliphatic carbocycles. The molecule has 4 rings (SSSR count). The fourth-order valence-electron chi connectivity index (χ4n) is 4.86. The number of fused-ring (bicyclic) bond motifs is 2. The molecule has 10 heteroatoms. The minimum Gasteiger partial charge on any atom is -0.454 e. The molecule has 0 bridgehead atoms. The van der Waals surface area contributed by atoms with E-state index < -0.39 is 17.2 Å². The van der Waals surface area contributed by atoms with Crippen molar-refractivity contribution in [1.82, 2.24) is 23.6 Å². The van der Waals surface area contributed by atoms with E-state index in [1.54, 1.807) is 0 Å². The first-order valence-corrected chi connectivity index (χ1v) is 10.4. The molecule has 10 nitrogen and oxygen atoms in total. The number of esters is 1. The minimum atomic E-state index is -0.629. The van der Waals surface area contributed by atoms with Gasteiger partial charge in [0.2, 0.25) is 0 Å². The molecule has 0 unspecified atom stereocenters. The number of amides is 1. The zero-order valence-electron chi connectivity index (χ0n) is 17.4. The van der Waals surface area contributed by atoms with Gasteiger partial charge in [0.25, 0.3) is 11.5 Å². The molecule has 1 saturated carbocycles. The summed E-state index contributed by atoms with van der Waals surface area (Å²) in [6, 6.07) is 0.264. The summed E-state index contributed by atoms with van der Waals surface area (Å²) in [4.78, 5) is 55.5. The van der Waals surface area contributed by atoms with Gasteiger partial charge in [-0.2, -0.15) is 0 Å². The van der Waals surface area contributed by atoms with Crippen LogP contribution >= 0.6 is 0 Å². The lowest BCUT2D eigenvalue weighted by Gasteiger charge is -2.44. The number of aryl methyl sites for hydroxylation is 1. The van der Waals surface area contributed by atoms with E-state index in [-0.39, 0.29) is 36.3 Å². The molecule has 0 spiro atoms. The van der Waals surface area contributed by atoms with E-state index in [4.69, 9.17) is 4.74 Å². The van der Waals surface area contributed by atoms with Crippen LogP contribution in [0.2, 0.25) is 0 Å². The average molecular weight is 417 g/mol. The summed E-state index contributed by atoms with van der Waals surface area (Å²) in [6.07, 6.45) is 8.03. The Labute approximate surface area is 173 Å². The molecule has 30 heavy (non-hydrogen) atoms. The molecule has 1 aliphatic heterocycles. The van der Waals surface area contributed by atoms with Crippen LogP contribution in [-0.4, -0.2) is 54.7 Å². The van der Waals surface area contributed by atoms with Crippen LogP contribution in [0.15, 0.2) is 15.9 Å². The van der Waals surface area contributed by atoms with E-state index in [1.165, 1.54) is 48.8 Å². The van der Waals surface area contributed by atoms with E-state index in [1.807, 2.05) is 4.90 Å². The SMILES string of the molecule is Cn1c(=O)c2c(ncn2CC(=O)OCC(=O)N2CCC[C@H]3CCCC[C@@H]32)n(C)c1=O. The predicted octanol–water partition coefficient (Wildman–Crippen LogP) is 0.158. The summed E-state index contributed by atoms with van der Waals surface area (Å²) in [5.41, 5.74) is -0.688. The van der Waals surface area contributed by atoms with Crippen molar-refractivity contribution >= 4 is 23.0 Å². The molecule has 0 radical (unpaired) electrons. The standard InChI is InChI=1S/C20H27N5O5/c1-22-18-17(19(28)23(2)20(22)29)24(12-21-18)10-16(27)30-11-15(26)25-9-5-7-13-6-3-4-8-14(13)25/h12-14H,3-11H2,1-2H3/t13-,14+/m1/s1. The third-order valence-electron chi connectivity index (χ3n) is 6.44. The zero-order valence-corrected chi connectivity index (χ0v) is 17.4. The van der Waals surface area contributed by atoms with Gasteiger partial charge in [0.15, 0.2) is 17.8 Å². The maximum Gasteiger partial charge on any atom is 0.332 e. The Hall–Kier alpha value is -2.91. The molecule has 3 heterocycles. The Balaban J connectivity index is 1.42. The van der Waals surface area contributed by atoms with Gasteiger partial charge in [-0.15, -0.1) is 0 Å². The molecule has 2 atom stereocenters. The topological polar surface area (TPSA) is 108 Å². The van der Waals surface area contributed by atoms with Gasteiger partial charge in [0.05, 0.1) is 6.33 Å². The van der Waals surface area contributed by atoms with Crippen LogP contribution in [0, 0.1) is 5.92 Å². The first-order chi connectivity index (χ1) is 14.4. The third kappa shape index (κ3) is 3.54. The van der Waals surface area contributed by atoms with Crippen molar-refractivity contribution in [2.24, 2.45) is 20.0 Å². The van der Waals surface area contributed by atoms with E-state index in [9.17, 15) is 19.2 Å². The highest BCUT2D eigenvalue weighted by Crippen LogP contribution is 2.35. The van der Waals surface area contributed by atoms with Gasteiger partial charge in [-0.25, -0.2) is 9.78 Å². The number of hydrogen-bond donors (Lipinski definition) is 0. The van der Waals surface area contributed by atoms with Crippen molar-refractivity contribution in [1.29, 1.82) is 0 Å². The summed E-state index contributed by atoms with van der Waals surface area (Å²) in [5, 5.41) is 0. The first-order valence-electron chi connectivity index (χ1n) is 10.4. The van der Waals surface area contributed by atoms with E-state index in [0.29, 0.717) is 12.5 Å². The number of hydrogen-bond acceptors (Lipinski definition) is 6. The lowest BCUT2D eigenvalue weighted by Crippen LogP contribution is -2.51. The van der Waals surface area contributed by atoms with Gasteiger partial charge >= 0.3 is 11.7 Å². The fraction of sp³-hybridized carbons (Fsp3) is 0.650. The number of piperidine rings is 1. The normalized spacial score (nSPS) is 21.5. The lowest BCUT2D eigenvalue weighted by atomic mass is 9.78. The second kappa shape index (κ2) is 8.08. The molecule has 2 aliphatic rings. The zero-order chi connectivity index (χ0) is 21.4. The number of aromatic nitrogens is 4. The van der Waals surface area contributed by atoms with Crippen LogP contribution in [0.1, 0.15) is 38.5 Å². The minimum absolute atomic E-state index is 0.143. The van der Waals surface area contributed by atoms with Crippen molar-refractivity contribution < 1.29 is 14.3 Å². The molecule has 2 fully saturated rings. The van der Waals surface area contributed by atoms with Gasteiger partial charge in [0, 0.05) is 26.7 Å². The second-order valence-electron chi connectivity index (χ2n) is 8.25. The highest BCUT2D eigenvalue weighted by atomic mass is 16.5. The van der Waals surface area contributed by atoms with Gasteiger partial charge in [-0.1, -0.05) is 12.8 Å². The molecule has 1 saturated heterocycles. The molecule has 2 aromatic heterocycles. The Bertz CT molecular complexity index is 1100. The smallest absolute Gasteiger partial charge is 0.332 e. The summed E-state index contributed by atoms with van der Waals surface area (Å²) in [6.45, 7) is 0.155. The molecule has 1 amide bonds. The highest BCUT2D eigenvalue weighted by Gasteiger charge is 2.35. The van der Waals surface area contributed by atoms with Crippen molar-refractivity contribution in [3.05, 3.63) is 27.2 Å². The summed E-state index contributed by atoms with van der Waals surface area (Å²) >= 11 is 0. The highest BCUT2D eigenvalue weighted by molar-refractivity contribution is 5.81. The van der Waals surface area contributed by atoms with Crippen molar-refractivity contribution in [2.75, 3.05) is 13.2 Å². The predicted molar refractivity (Wildman–Crippen MR) is 108 cm³/mol. The quantitative estimate of drug-likeness (QED) is 0.656. The molecule has 0 N–H and O–H groups in total. The van der Waals surface area contributed by atoms with Gasteiger partial charge in [-0.05, 0) is 31.6 Å². The van der Waals surface area contributed by atoms with Gasteiger partial charge < -0.3 is 14.2 Å². The van der Waals surface area contributed by atoms with Crippen molar-refractivity contribution in [2.45, 2.75) is 51.1 Å².